The molecule has 0 heterocycles. The van der Waals surface area contributed by atoms with Crippen molar-refractivity contribution in [3.05, 3.63) is 59.7 Å². The maximum absolute atomic E-state index is 13.0. The Kier molecular flexibility index (Phi) is 6.44. The summed E-state index contributed by atoms with van der Waals surface area (Å²) in [6.45, 7) is 0. The van der Waals surface area contributed by atoms with Gasteiger partial charge in [-0.05, 0) is 42.0 Å². The van der Waals surface area contributed by atoms with E-state index < -0.39 is 24.1 Å². The Bertz CT molecular complexity index is 834. The summed E-state index contributed by atoms with van der Waals surface area (Å²) in [6, 6.07) is 9.76. The third-order valence-corrected chi connectivity index (χ3v) is 3.47. The van der Waals surface area contributed by atoms with Gasteiger partial charge in [0.05, 0.1) is 19.8 Å². The van der Waals surface area contributed by atoms with Crippen LogP contribution in [0.3, 0.4) is 0 Å². The molecule has 0 unspecified atom stereocenters. The van der Waals surface area contributed by atoms with Gasteiger partial charge >= 0.3 is 12.5 Å². The number of alkyl halides is 4. The van der Waals surface area contributed by atoms with Gasteiger partial charge in [-0.15, -0.1) is 0 Å². The molecule has 2 rings (SSSR count). The molecule has 144 valence electrons. The molecule has 8 heteroatoms. The van der Waals surface area contributed by atoms with E-state index in [1.54, 1.807) is 12.1 Å². The first-order chi connectivity index (χ1) is 12.8. The smallest absolute Gasteiger partial charge is 0.461 e. The molecule has 0 bridgehead atoms. The van der Waals surface area contributed by atoms with Crippen molar-refractivity contribution < 1.29 is 36.6 Å². The van der Waals surface area contributed by atoms with Crippen LogP contribution < -0.4 is 14.2 Å². The fraction of sp³-hybridized carbons (Fsp3) is 0.211. The first-order valence-corrected chi connectivity index (χ1v) is 7.66. The van der Waals surface area contributed by atoms with E-state index in [2.05, 4.69) is 4.74 Å². The second kappa shape index (κ2) is 8.57. The fourth-order valence-corrected chi connectivity index (χ4v) is 2.15. The molecular weight excluding hydrogens is 368 g/mol. The van der Waals surface area contributed by atoms with Crippen LogP contribution in [0.4, 0.5) is 17.6 Å². The molecule has 0 saturated heterocycles. The molecule has 0 saturated carbocycles. The van der Waals surface area contributed by atoms with Gasteiger partial charge in [-0.25, -0.2) is 0 Å². The number of hydrogen-bond donors (Lipinski definition) is 0. The Morgan fingerprint density at radius 1 is 1.04 bits per heavy atom. The number of carbonyl (C=O) groups excluding carboxylic acids is 1. The number of rotatable bonds is 8. The molecular formula is C19H16F4O4. The van der Waals surface area contributed by atoms with Gasteiger partial charge in [0.25, 0.3) is 0 Å². The van der Waals surface area contributed by atoms with Crippen LogP contribution in [-0.2, 0) is 0 Å². The molecule has 0 aliphatic heterocycles. The summed E-state index contributed by atoms with van der Waals surface area (Å²) >= 11 is 0. The molecule has 2 aromatic rings. The summed E-state index contributed by atoms with van der Waals surface area (Å²) in [5, 5.41) is 0. The van der Waals surface area contributed by atoms with E-state index in [1.165, 1.54) is 44.6 Å². The van der Waals surface area contributed by atoms with Crippen molar-refractivity contribution in [2.24, 2.45) is 0 Å². The van der Waals surface area contributed by atoms with E-state index in [1.807, 2.05) is 0 Å². The highest BCUT2D eigenvalue weighted by Gasteiger charge is 2.43. The standard InChI is InChI=1S/C19H16F4O4/c1-25-13-7-9-17(26-2)15(11-13)16(24)8-6-12-4-3-5-14(10-12)27-19(22,23)18(20)21/h3-11,18H,1-2H3/b8-6+. The van der Waals surface area contributed by atoms with Gasteiger partial charge in [0.1, 0.15) is 17.2 Å². The van der Waals surface area contributed by atoms with Gasteiger partial charge in [0.15, 0.2) is 5.78 Å². The Balaban J connectivity index is 2.21. The van der Waals surface area contributed by atoms with Crippen molar-refractivity contribution in [2.75, 3.05) is 14.2 Å². The van der Waals surface area contributed by atoms with E-state index in [4.69, 9.17) is 9.47 Å². The Hall–Kier alpha value is -3.03. The number of hydrogen-bond acceptors (Lipinski definition) is 4. The van der Waals surface area contributed by atoms with Crippen LogP contribution in [0.5, 0.6) is 17.2 Å². The molecule has 2 aromatic carbocycles. The maximum Gasteiger partial charge on any atom is 0.461 e. The first-order valence-electron chi connectivity index (χ1n) is 7.66. The van der Waals surface area contributed by atoms with E-state index in [-0.39, 0.29) is 5.56 Å². The largest absolute Gasteiger partial charge is 0.497 e. The monoisotopic (exact) mass is 384 g/mol. The van der Waals surface area contributed by atoms with Crippen molar-refractivity contribution >= 4 is 11.9 Å². The van der Waals surface area contributed by atoms with E-state index in [9.17, 15) is 22.4 Å². The highest BCUT2D eigenvalue weighted by molar-refractivity contribution is 6.08. The van der Waals surface area contributed by atoms with Gasteiger partial charge in [0.2, 0.25) is 0 Å². The van der Waals surface area contributed by atoms with Crippen LogP contribution >= 0.6 is 0 Å². The topological polar surface area (TPSA) is 44.8 Å². The number of benzene rings is 2. The average Bonchev–Trinajstić information content (AvgIpc) is 2.65. The molecule has 0 amide bonds. The minimum Gasteiger partial charge on any atom is -0.497 e. The normalized spacial score (nSPS) is 11.7. The molecule has 0 radical (unpaired) electrons. The van der Waals surface area contributed by atoms with Gasteiger partial charge in [-0.1, -0.05) is 18.2 Å². The Morgan fingerprint density at radius 3 is 2.41 bits per heavy atom. The molecule has 0 spiro atoms. The Morgan fingerprint density at radius 2 is 1.78 bits per heavy atom. The number of halogens is 4. The second-order valence-electron chi connectivity index (χ2n) is 5.30. The minimum atomic E-state index is -4.61. The van der Waals surface area contributed by atoms with E-state index in [0.717, 1.165) is 12.1 Å². The number of ketones is 1. The van der Waals surface area contributed by atoms with E-state index >= 15 is 0 Å². The molecule has 27 heavy (non-hydrogen) atoms. The van der Waals surface area contributed by atoms with Crippen LogP contribution in [0.25, 0.3) is 6.08 Å². The summed E-state index contributed by atoms with van der Waals surface area (Å²) in [7, 11) is 2.86. The predicted molar refractivity (Wildman–Crippen MR) is 90.9 cm³/mol. The average molecular weight is 384 g/mol. The van der Waals surface area contributed by atoms with E-state index in [0.29, 0.717) is 17.1 Å². The minimum absolute atomic E-state index is 0.240. The quantitative estimate of drug-likeness (QED) is 0.371. The zero-order valence-corrected chi connectivity index (χ0v) is 14.4. The number of allylic oxidation sites excluding steroid dienone is 1. The highest BCUT2D eigenvalue weighted by Crippen LogP contribution is 2.28. The molecule has 0 fully saturated rings. The lowest BCUT2D eigenvalue weighted by atomic mass is 10.1. The molecule has 0 aliphatic rings. The first kappa shape index (κ1) is 20.3. The number of ether oxygens (including phenoxy) is 3. The second-order valence-corrected chi connectivity index (χ2v) is 5.30. The van der Waals surface area contributed by atoms with Crippen molar-refractivity contribution in [1.82, 2.24) is 0 Å². The van der Waals surface area contributed by atoms with Gasteiger partial charge in [0, 0.05) is 0 Å². The summed E-state index contributed by atoms with van der Waals surface area (Å²) in [6.07, 6.45) is -6.03. The van der Waals surface area contributed by atoms with Gasteiger partial charge < -0.3 is 14.2 Å². The Labute approximate surface area is 153 Å². The molecule has 0 atom stereocenters. The van der Waals surface area contributed by atoms with Crippen LogP contribution in [-0.4, -0.2) is 32.5 Å². The van der Waals surface area contributed by atoms with Gasteiger partial charge in [-0.3, -0.25) is 4.79 Å². The number of methoxy groups -OCH3 is 2. The summed E-state index contributed by atoms with van der Waals surface area (Å²) < 4.78 is 64.6. The van der Waals surface area contributed by atoms with Crippen molar-refractivity contribution in [3.8, 4) is 17.2 Å². The molecule has 0 aliphatic carbocycles. The van der Waals surface area contributed by atoms with Crippen molar-refractivity contribution in [1.29, 1.82) is 0 Å². The third-order valence-electron chi connectivity index (χ3n) is 3.47. The summed E-state index contributed by atoms with van der Waals surface area (Å²) in [4.78, 5) is 12.4. The zero-order valence-electron chi connectivity index (χ0n) is 14.4. The lowest BCUT2D eigenvalue weighted by molar-refractivity contribution is -0.253. The molecule has 0 aromatic heterocycles. The highest BCUT2D eigenvalue weighted by atomic mass is 19.3. The van der Waals surface area contributed by atoms with Gasteiger partial charge in [-0.2, -0.15) is 17.6 Å². The maximum atomic E-state index is 13.0. The summed E-state index contributed by atoms with van der Waals surface area (Å²) in [5.74, 6) is -0.0832. The summed E-state index contributed by atoms with van der Waals surface area (Å²) in [5.41, 5.74) is 0.553. The molecule has 4 nitrogen and oxygen atoms in total. The van der Waals surface area contributed by atoms with Crippen LogP contribution in [0.2, 0.25) is 0 Å². The fourth-order valence-electron chi connectivity index (χ4n) is 2.15. The predicted octanol–water partition coefficient (Wildman–Crippen LogP) is 4.84. The lowest BCUT2D eigenvalue weighted by Gasteiger charge is -2.16. The van der Waals surface area contributed by atoms with Crippen LogP contribution in [0, 0.1) is 0 Å². The number of carbonyl (C=O) groups is 1. The van der Waals surface area contributed by atoms with Crippen molar-refractivity contribution in [2.45, 2.75) is 12.5 Å². The third kappa shape index (κ3) is 5.22. The lowest BCUT2D eigenvalue weighted by Crippen LogP contribution is -2.33. The SMILES string of the molecule is COc1ccc(OC)c(C(=O)/C=C/c2cccc(OC(F)(F)C(F)F)c2)c1. The van der Waals surface area contributed by atoms with Crippen molar-refractivity contribution in [3.63, 3.8) is 0 Å². The molecule has 0 N–H and O–H groups in total. The van der Waals surface area contributed by atoms with Crippen LogP contribution in [0.1, 0.15) is 15.9 Å². The zero-order chi connectivity index (χ0) is 20.0. The van der Waals surface area contributed by atoms with Crippen LogP contribution in [0.15, 0.2) is 48.5 Å².